The quantitative estimate of drug-likeness (QED) is 0.862. The Kier molecular flexibility index (Phi) is 4.72. The zero-order chi connectivity index (χ0) is 18.1. The molecular formula is C22H26FN2O. The van der Waals surface area contributed by atoms with Gasteiger partial charge in [-0.2, -0.15) is 0 Å². The van der Waals surface area contributed by atoms with Crippen molar-refractivity contribution in [3.63, 3.8) is 0 Å². The number of anilines is 1. The highest BCUT2D eigenvalue weighted by atomic mass is 19.1. The van der Waals surface area contributed by atoms with E-state index in [1.165, 1.54) is 18.1 Å². The monoisotopic (exact) mass is 353 g/mol. The van der Waals surface area contributed by atoms with Crippen LogP contribution in [0.2, 0.25) is 0 Å². The molecule has 3 nitrogen and oxygen atoms in total. The number of nitrogens with zero attached hydrogens (tertiary/aromatic N) is 1. The molecular weight excluding hydrogens is 327 g/mol. The van der Waals surface area contributed by atoms with Gasteiger partial charge in [-0.25, -0.2) is 4.39 Å². The molecule has 1 fully saturated rings. The zero-order valence-electron chi connectivity index (χ0n) is 15.2. The lowest BCUT2D eigenvalue weighted by Crippen LogP contribution is -2.42. The maximum atomic E-state index is 13.9. The summed E-state index contributed by atoms with van der Waals surface area (Å²) in [5.41, 5.74) is 3.38. The van der Waals surface area contributed by atoms with Crippen LogP contribution in [0, 0.1) is 12.2 Å². The lowest BCUT2D eigenvalue weighted by molar-refractivity contribution is 0.140. The molecule has 1 saturated carbocycles. The molecule has 137 valence electrons. The van der Waals surface area contributed by atoms with Gasteiger partial charge >= 0.3 is 0 Å². The van der Waals surface area contributed by atoms with Crippen molar-refractivity contribution >= 4 is 5.69 Å². The van der Waals surface area contributed by atoms with Crippen molar-refractivity contribution in [1.82, 2.24) is 5.32 Å². The molecule has 1 spiro atoms. The molecule has 1 radical (unpaired) electrons. The molecule has 3 atom stereocenters. The molecule has 26 heavy (non-hydrogen) atoms. The average Bonchev–Trinajstić information content (AvgIpc) is 3.23. The van der Waals surface area contributed by atoms with Crippen LogP contribution in [0.5, 0.6) is 0 Å². The molecule has 2 aromatic rings. The molecule has 3 unspecified atom stereocenters. The fraction of sp³-hybridized carbons (Fsp3) is 0.409. The predicted molar refractivity (Wildman–Crippen MR) is 103 cm³/mol. The molecule has 1 aliphatic heterocycles. The minimum Gasteiger partial charge on any atom is -0.389 e. The number of rotatable bonds is 5. The predicted octanol–water partition coefficient (Wildman–Crippen LogP) is 3.59. The van der Waals surface area contributed by atoms with E-state index in [9.17, 15) is 9.50 Å². The normalized spacial score (nSPS) is 20.3. The summed E-state index contributed by atoms with van der Waals surface area (Å²) in [4.78, 5) is 2.29. The van der Waals surface area contributed by atoms with Gasteiger partial charge in [0.2, 0.25) is 0 Å². The zero-order valence-corrected chi connectivity index (χ0v) is 15.2. The van der Waals surface area contributed by atoms with E-state index in [0.717, 1.165) is 30.6 Å². The Morgan fingerprint density at radius 3 is 2.81 bits per heavy atom. The summed E-state index contributed by atoms with van der Waals surface area (Å²) < 4.78 is 13.9. The molecule has 2 aromatic carbocycles. The van der Waals surface area contributed by atoms with Crippen LogP contribution in [0.3, 0.4) is 0 Å². The number of aliphatic hydroxyl groups excluding tert-OH is 1. The van der Waals surface area contributed by atoms with E-state index in [1.54, 1.807) is 12.1 Å². The lowest BCUT2D eigenvalue weighted by atomic mass is 9.81. The van der Waals surface area contributed by atoms with Crippen molar-refractivity contribution in [3.05, 3.63) is 71.9 Å². The van der Waals surface area contributed by atoms with Crippen LogP contribution in [-0.4, -0.2) is 31.3 Å². The van der Waals surface area contributed by atoms with Gasteiger partial charge in [-0.1, -0.05) is 36.8 Å². The van der Waals surface area contributed by atoms with Gasteiger partial charge in [0.1, 0.15) is 5.82 Å². The van der Waals surface area contributed by atoms with Crippen molar-refractivity contribution in [2.75, 3.05) is 25.0 Å². The first kappa shape index (κ1) is 17.5. The minimum atomic E-state index is -0.633. The molecule has 1 heterocycles. The number of fused-ring (bicyclic) bond motifs is 2. The highest BCUT2D eigenvalue weighted by Crippen LogP contribution is 2.52. The molecule has 4 heteroatoms. The SMILES string of the molecule is CNCC(O)C(c1cccc(F)c1)N1CC2([CH]CCC2)c2ccccc21. The molecule has 1 aliphatic carbocycles. The van der Waals surface area contributed by atoms with Gasteiger partial charge < -0.3 is 15.3 Å². The first-order valence-electron chi connectivity index (χ1n) is 9.43. The van der Waals surface area contributed by atoms with E-state index >= 15 is 0 Å². The minimum absolute atomic E-state index is 0.0571. The molecule has 2 N–H and O–H groups in total. The van der Waals surface area contributed by atoms with Crippen LogP contribution < -0.4 is 10.2 Å². The number of halogens is 1. The summed E-state index contributed by atoms with van der Waals surface area (Å²) >= 11 is 0. The number of hydrogen-bond donors (Lipinski definition) is 2. The van der Waals surface area contributed by atoms with E-state index in [-0.39, 0.29) is 17.3 Å². The topological polar surface area (TPSA) is 35.5 Å². The Balaban J connectivity index is 1.79. The smallest absolute Gasteiger partial charge is 0.123 e. The second kappa shape index (κ2) is 7.01. The van der Waals surface area contributed by atoms with Gasteiger partial charge in [-0.3, -0.25) is 0 Å². The standard InChI is InChI=1S/C22H26FN2O/c1-24-14-20(26)21(16-7-6-8-17(23)13-16)25-15-22(11-4-5-12-22)18-9-2-3-10-19(18)25/h2-3,6-11,13,20-21,24,26H,4-5,12,14-15H2,1H3. The van der Waals surface area contributed by atoms with Crippen molar-refractivity contribution < 1.29 is 9.50 Å². The van der Waals surface area contributed by atoms with Gasteiger partial charge in [-0.15, -0.1) is 0 Å². The highest BCUT2D eigenvalue weighted by Gasteiger charge is 2.47. The van der Waals surface area contributed by atoms with Gasteiger partial charge in [0, 0.05) is 24.2 Å². The summed E-state index contributed by atoms with van der Waals surface area (Å²) in [6.45, 7) is 1.30. The second-order valence-corrected chi connectivity index (χ2v) is 7.52. The average molecular weight is 353 g/mol. The second-order valence-electron chi connectivity index (χ2n) is 7.52. The first-order chi connectivity index (χ1) is 12.6. The summed E-state index contributed by atoms with van der Waals surface area (Å²) in [5.74, 6) is -0.265. The molecule has 4 rings (SSSR count). The highest BCUT2D eigenvalue weighted by molar-refractivity contribution is 5.66. The van der Waals surface area contributed by atoms with Crippen LogP contribution in [-0.2, 0) is 5.41 Å². The lowest BCUT2D eigenvalue weighted by Gasteiger charge is -2.36. The Morgan fingerprint density at radius 2 is 2.08 bits per heavy atom. The van der Waals surface area contributed by atoms with Crippen LogP contribution in [0.1, 0.15) is 36.4 Å². The number of aliphatic hydroxyl groups is 1. The van der Waals surface area contributed by atoms with Crippen molar-refractivity contribution in [2.24, 2.45) is 0 Å². The maximum Gasteiger partial charge on any atom is 0.123 e. The van der Waals surface area contributed by atoms with E-state index in [4.69, 9.17) is 0 Å². The maximum absolute atomic E-state index is 13.9. The number of nitrogens with one attached hydrogen (secondary N) is 1. The number of benzene rings is 2. The third-order valence-electron chi connectivity index (χ3n) is 5.87. The van der Waals surface area contributed by atoms with Crippen molar-refractivity contribution in [3.8, 4) is 0 Å². The molecule has 0 saturated heterocycles. The Labute approximate surface area is 154 Å². The van der Waals surface area contributed by atoms with E-state index in [2.05, 4.69) is 34.8 Å². The van der Waals surface area contributed by atoms with Gasteiger partial charge in [0.25, 0.3) is 0 Å². The molecule has 2 aliphatic rings. The largest absolute Gasteiger partial charge is 0.389 e. The summed E-state index contributed by atoms with van der Waals surface area (Å²) in [6, 6.07) is 14.9. The van der Waals surface area contributed by atoms with Gasteiger partial charge in [0.05, 0.1) is 12.1 Å². The third-order valence-corrected chi connectivity index (χ3v) is 5.87. The molecule has 0 amide bonds. The van der Waals surface area contributed by atoms with Crippen LogP contribution in [0.4, 0.5) is 10.1 Å². The third kappa shape index (κ3) is 2.91. The van der Waals surface area contributed by atoms with Crippen LogP contribution >= 0.6 is 0 Å². The molecule has 0 bridgehead atoms. The number of para-hydroxylation sites is 1. The fourth-order valence-electron chi connectivity index (χ4n) is 4.77. The van der Waals surface area contributed by atoms with Crippen LogP contribution in [0.25, 0.3) is 0 Å². The van der Waals surface area contributed by atoms with E-state index < -0.39 is 6.10 Å². The number of hydrogen-bond acceptors (Lipinski definition) is 3. The molecule has 0 aromatic heterocycles. The van der Waals surface area contributed by atoms with Crippen molar-refractivity contribution in [2.45, 2.75) is 36.8 Å². The fourth-order valence-corrected chi connectivity index (χ4v) is 4.77. The van der Waals surface area contributed by atoms with Gasteiger partial charge in [-0.05, 0) is 55.6 Å². The number of likely N-dealkylation sites (N-methyl/N-ethyl adjacent to an activating group) is 1. The summed E-state index contributed by atoms with van der Waals surface area (Å²) in [5, 5.41) is 14.0. The van der Waals surface area contributed by atoms with Crippen molar-refractivity contribution in [1.29, 1.82) is 0 Å². The van der Waals surface area contributed by atoms with E-state index in [1.807, 2.05) is 19.2 Å². The summed E-state index contributed by atoms with van der Waals surface area (Å²) in [6.07, 6.45) is 5.28. The Hall–Kier alpha value is -1.91. The summed E-state index contributed by atoms with van der Waals surface area (Å²) in [7, 11) is 1.83. The van der Waals surface area contributed by atoms with E-state index in [0.29, 0.717) is 6.54 Å². The Bertz CT molecular complexity index is 772. The first-order valence-corrected chi connectivity index (χ1v) is 9.43. The van der Waals surface area contributed by atoms with Crippen LogP contribution in [0.15, 0.2) is 48.5 Å². The Morgan fingerprint density at radius 1 is 1.23 bits per heavy atom. The van der Waals surface area contributed by atoms with Gasteiger partial charge in [0.15, 0.2) is 0 Å².